The van der Waals surface area contributed by atoms with E-state index in [9.17, 15) is 24.9 Å². The van der Waals surface area contributed by atoms with Crippen LogP contribution in [0, 0.1) is 6.92 Å². The van der Waals surface area contributed by atoms with Gasteiger partial charge in [0.05, 0.1) is 39.7 Å². The van der Waals surface area contributed by atoms with Crippen LogP contribution in [0.5, 0.6) is 5.75 Å². The van der Waals surface area contributed by atoms with Gasteiger partial charge in [0.25, 0.3) is 0 Å². The number of carboxylic acids is 2. The lowest BCUT2D eigenvalue weighted by atomic mass is 10.1. The van der Waals surface area contributed by atoms with Crippen molar-refractivity contribution in [3.8, 4) is 11.4 Å². The molecule has 10 nitrogen and oxygen atoms in total. The molecule has 4 N–H and O–H groups in total. The molecular formula is C16H12N4O6. The fraction of sp³-hybridized carbons (Fsp3) is 0.0625. The summed E-state index contributed by atoms with van der Waals surface area (Å²) in [6.07, 6.45) is 2.44. The van der Waals surface area contributed by atoms with Gasteiger partial charge < -0.3 is 20.5 Å². The Hall–Kier alpha value is -3.95. The van der Waals surface area contributed by atoms with Gasteiger partial charge >= 0.3 is 11.9 Å². The quantitative estimate of drug-likeness (QED) is 0.312. The molecule has 0 aliphatic carbocycles. The molecule has 132 valence electrons. The number of carbonyl (C=O) groups is 2. The number of hydrogen-bond donors (Lipinski definition) is 4. The molecule has 0 saturated heterocycles. The molecule has 10 heteroatoms. The number of fused-ring (bicyclic) bond motifs is 1. The molecule has 0 fully saturated rings. The minimum absolute atomic E-state index is 0.175. The lowest BCUT2D eigenvalue weighted by Gasteiger charge is -2.05. The molecule has 0 unspecified atom stereocenters. The molecule has 0 atom stereocenters. The van der Waals surface area contributed by atoms with E-state index in [4.69, 9.17) is 5.21 Å². The third-order valence-electron chi connectivity index (χ3n) is 3.72. The fourth-order valence-corrected chi connectivity index (χ4v) is 2.48. The zero-order chi connectivity index (χ0) is 19.0. The SMILES string of the molecule is Cc1nc2nn(-c3cc(C(=O)O)cc(C(=O)O)c3)cc2c(C=NO)c1O. The summed E-state index contributed by atoms with van der Waals surface area (Å²) in [5, 5.41) is 44.7. The van der Waals surface area contributed by atoms with Crippen LogP contribution in [0.2, 0.25) is 0 Å². The van der Waals surface area contributed by atoms with E-state index >= 15 is 0 Å². The molecule has 0 bridgehead atoms. The monoisotopic (exact) mass is 356 g/mol. The zero-order valence-electron chi connectivity index (χ0n) is 13.3. The van der Waals surface area contributed by atoms with E-state index in [0.29, 0.717) is 5.39 Å². The van der Waals surface area contributed by atoms with Gasteiger partial charge in [-0.25, -0.2) is 19.3 Å². The Bertz CT molecular complexity index is 1050. The first-order chi connectivity index (χ1) is 12.3. The van der Waals surface area contributed by atoms with Crippen LogP contribution in [0.3, 0.4) is 0 Å². The summed E-state index contributed by atoms with van der Waals surface area (Å²) in [6, 6.07) is 3.55. The average Bonchev–Trinajstić information content (AvgIpc) is 3.02. The summed E-state index contributed by atoms with van der Waals surface area (Å²) in [7, 11) is 0. The highest BCUT2D eigenvalue weighted by atomic mass is 16.4. The summed E-state index contributed by atoms with van der Waals surface area (Å²) < 4.78 is 1.24. The van der Waals surface area contributed by atoms with Crippen molar-refractivity contribution in [2.75, 3.05) is 0 Å². The van der Waals surface area contributed by atoms with Crippen molar-refractivity contribution in [2.45, 2.75) is 6.92 Å². The summed E-state index contributed by atoms with van der Waals surface area (Å²) >= 11 is 0. The Kier molecular flexibility index (Phi) is 4.01. The summed E-state index contributed by atoms with van der Waals surface area (Å²) in [6.45, 7) is 1.54. The van der Waals surface area contributed by atoms with Crippen LogP contribution in [-0.4, -0.2) is 53.4 Å². The Balaban J connectivity index is 2.28. The highest BCUT2D eigenvalue weighted by Gasteiger charge is 2.17. The van der Waals surface area contributed by atoms with E-state index in [1.54, 1.807) is 0 Å². The third-order valence-corrected chi connectivity index (χ3v) is 3.72. The first-order valence-corrected chi connectivity index (χ1v) is 7.20. The molecule has 0 aliphatic rings. The first kappa shape index (κ1) is 16.9. The molecule has 0 saturated carbocycles. The summed E-state index contributed by atoms with van der Waals surface area (Å²) in [5.74, 6) is -2.77. The first-order valence-electron chi connectivity index (χ1n) is 7.20. The second-order valence-corrected chi connectivity index (χ2v) is 5.39. The number of nitrogens with zero attached hydrogens (tertiary/aromatic N) is 4. The van der Waals surface area contributed by atoms with Crippen molar-refractivity contribution in [3.05, 3.63) is 46.8 Å². The van der Waals surface area contributed by atoms with Crippen molar-refractivity contribution in [1.82, 2.24) is 14.8 Å². The van der Waals surface area contributed by atoms with Gasteiger partial charge in [0.15, 0.2) is 5.65 Å². The molecule has 1 aromatic carbocycles. The summed E-state index contributed by atoms with van der Waals surface area (Å²) in [4.78, 5) is 26.6. The Morgan fingerprint density at radius 2 is 1.77 bits per heavy atom. The molecule has 2 aromatic heterocycles. The van der Waals surface area contributed by atoms with Crippen molar-refractivity contribution >= 4 is 29.2 Å². The minimum Gasteiger partial charge on any atom is -0.505 e. The van der Waals surface area contributed by atoms with Gasteiger partial charge in [0.2, 0.25) is 0 Å². The van der Waals surface area contributed by atoms with E-state index in [2.05, 4.69) is 15.2 Å². The number of aromatic carboxylic acids is 2. The van der Waals surface area contributed by atoms with Crippen molar-refractivity contribution < 1.29 is 30.1 Å². The number of carboxylic acid groups (broad SMARTS) is 2. The topological polar surface area (TPSA) is 158 Å². The van der Waals surface area contributed by atoms with Crippen LogP contribution >= 0.6 is 0 Å². The maximum absolute atomic E-state index is 11.2. The number of aromatic hydroxyl groups is 1. The Morgan fingerprint density at radius 3 is 2.31 bits per heavy atom. The van der Waals surface area contributed by atoms with Crippen LogP contribution in [0.4, 0.5) is 0 Å². The number of hydrogen-bond acceptors (Lipinski definition) is 7. The average molecular weight is 356 g/mol. The summed E-state index contributed by atoms with van der Waals surface area (Å²) in [5.41, 5.74) is 0.376. The number of aryl methyl sites for hydroxylation is 1. The standard InChI is InChI=1S/C16H12N4O6/c1-7-13(21)11(5-17-26)12-6-20(19-14(12)18-7)10-3-8(15(22)23)2-9(4-10)16(24)25/h2-6,21,26H,1H3,(H,22,23)(H,24,25). The van der Waals surface area contributed by atoms with Gasteiger partial charge in [-0.2, -0.15) is 0 Å². The molecule has 0 amide bonds. The number of oxime groups is 1. The third kappa shape index (κ3) is 2.79. The van der Waals surface area contributed by atoms with Crippen LogP contribution in [0.25, 0.3) is 16.7 Å². The minimum atomic E-state index is -1.29. The lowest BCUT2D eigenvalue weighted by molar-refractivity contribution is 0.0696. The Morgan fingerprint density at radius 1 is 1.15 bits per heavy atom. The normalized spacial score (nSPS) is 11.3. The van der Waals surface area contributed by atoms with Crippen molar-refractivity contribution in [2.24, 2.45) is 5.16 Å². The lowest BCUT2D eigenvalue weighted by Crippen LogP contribution is -2.06. The fourth-order valence-electron chi connectivity index (χ4n) is 2.48. The highest BCUT2D eigenvalue weighted by molar-refractivity contribution is 6.00. The molecule has 2 heterocycles. The van der Waals surface area contributed by atoms with Crippen LogP contribution in [-0.2, 0) is 0 Å². The number of aromatic nitrogens is 3. The maximum atomic E-state index is 11.2. The second-order valence-electron chi connectivity index (χ2n) is 5.39. The predicted octanol–water partition coefficient (Wildman–Crippen LogP) is 1.64. The smallest absolute Gasteiger partial charge is 0.335 e. The van der Waals surface area contributed by atoms with E-state index < -0.39 is 11.9 Å². The van der Waals surface area contributed by atoms with Gasteiger partial charge in [0, 0.05) is 6.20 Å². The zero-order valence-corrected chi connectivity index (χ0v) is 13.3. The predicted molar refractivity (Wildman–Crippen MR) is 88.6 cm³/mol. The molecule has 0 aliphatic heterocycles. The van der Waals surface area contributed by atoms with Crippen molar-refractivity contribution in [1.29, 1.82) is 0 Å². The van der Waals surface area contributed by atoms with Gasteiger partial charge in [-0.05, 0) is 25.1 Å². The molecule has 3 rings (SSSR count). The van der Waals surface area contributed by atoms with Crippen LogP contribution in [0.15, 0.2) is 29.6 Å². The van der Waals surface area contributed by atoms with Gasteiger partial charge in [-0.15, -0.1) is 5.10 Å². The molecule has 0 spiro atoms. The maximum Gasteiger partial charge on any atom is 0.335 e. The Labute approximate surface area is 145 Å². The van der Waals surface area contributed by atoms with Crippen LogP contribution < -0.4 is 0 Å². The molecule has 0 radical (unpaired) electrons. The van der Waals surface area contributed by atoms with E-state index in [0.717, 1.165) is 12.3 Å². The van der Waals surface area contributed by atoms with E-state index in [-0.39, 0.29) is 39.5 Å². The van der Waals surface area contributed by atoms with Crippen molar-refractivity contribution in [3.63, 3.8) is 0 Å². The largest absolute Gasteiger partial charge is 0.505 e. The van der Waals surface area contributed by atoms with E-state index in [1.165, 1.54) is 29.9 Å². The number of rotatable bonds is 4. The van der Waals surface area contributed by atoms with Gasteiger partial charge in [0.1, 0.15) is 5.75 Å². The second kappa shape index (κ2) is 6.16. The number of benzene rings is 1. The molecular weight excluding hydrogens is 344 g/mol. The number of pyridine rings is 1. The van der Waals surface area contributed by atoms with Gasteiger partial charge in [-0.1, -0.05) is 5.16 Å². The van der Waals surface area contributed by atoms with Crippen LogP contribution in [0.1, 0.15) is 32.0 Å². The van der Waals surface area contributed by atoms with Gasteiger partial charge in [-0.3, -0.25) is 0 Å². The van der Waals surface area contributed by atoms with E-state index in [1.807, 2.05) is 0 Å². The molecule has 26 heavy (non-hydrogen) atoms. The highest BCUT2D eigenvalue weighted by Crippen LogP contribution is 2.27. The molecule has 3 aromatic rings.